The van der Waals surface area contributed by atoms with Gasteiger partial charge in [0.2, 0.25) is 0 Å². The van der Waals surface area contributed by atoms with E-state index >= 15 is 0 Å². The van der Waals surface area contributed by atoms with Crippen molar-refractivity contribution in [1.29, 1.82) is 0 Å². The lowest BCUT2D eigenvalue weighted by molar-refractivity contribution is -0.141. The predicted octanol–water partition coefficient (Wildman–Crippen LogP) is 4.21. The van der Waals surface area contributed by atoms with Crippen molar-refractivity contribution in [3.63, 3.8) is 0 Å². The van der Waals surface area contributed by atoms with Gasteiger partial charge in [0.15, 0.2) is 11.5 Å². The van der Waals surface area contributed by atoms with Gasteiger partial charge in [-0.2, -0.15) is 13.2 Å². The van der Waals surface area contributed by atoms with E-state index in [1.165, 1.54) is 23.7 Å². The molecule has 0 aromatic carbocycles. The Kier molecular flexibility index (Phi) is 5.17. The van der Waals surface area contributed by atoms with Crippen LogP contribution in [0, 0.1) is 0 Å². The third kappa shape index (κ3) is 4.16. The van der Waals surface area contributed by atoms with Gasteiger partial charge in [0, 0.05) is 42.1 Å². The van der Waals surface area contributed by atoms with E-state index in [0.29, 0.717) is 12.1 Å². The van der Waals surface area contributed by atoms with Crippen molar-refractivity contribution in [2.24, 2.45) is 0 Å². The number of hydrogen-bond donors (Lipinski definition) is 0. The first-order chi connectivity index (χ1) is 12.4. The number of aromatic nitrogens is 4. The molecule has 0 N–H and O–H groups in total. The standard InChI is InChI=1S/C17H16F3N5S/c1-3-15-22-9-12(26-15)10-25(2)14-8-13(17(18,19)20)23-16(24-14)11-4-6-21-7-5-11/h4-9H,3,10H2,1-2H3. The van der Waals surface area contributed by atoms with Gasteiger partial charge >= 0.3 is 6.18 Å². The summed E-state index contributed by atoms with van der Waals surface area (Å²) in [5, 5.41) is 0.990. The van der Waals surface area contributed by atoms with Crippen molar-refractivity contribution >= 4 is 17.2 Å². The summed E-state index contributed by atoms with van der Waals surface area (Å²) in [6.45, 7) is 2.43. The molecule has 0 radical (unpaired) electrons. The maximum absolute atomic E-state index is 13.3. The summed E-state index contributed by atoms with van der Waals surface area (Å²) in [5.41, 5.74) is -0.494. The largest absolute Gasteiger partial charge is 0.433 e. The molecule has 0 atom stereocenters. The Bertz CT molecular complexity index is 880. The molecule has 9 heteroatoms. The van der Waals surface area contributed by atoms with E-state index < -0.39 is 11.9 Å². The molecule has 3 rings (SSSR count). The van der Waals surface area contributed by atoms with E-state index in [1.54, 1.807) is 30.3 Å². The van der Waals surface area contributed by atoms with Crippen LogP contribution in [0.4, 0.5) is 19.0 Å². The van der Waals surface area contributed by atoms with E-state index in [1.807, 2.05) is 6.92 Å². The van der Waals surface area contributed by atoms with E-state index in [0.717, 1.165) is 22.4 Å². The zero-order valence-corrected chi connectivity index (χ0v) is 15.0. The van der Waals surface area contributed by atoms with Gasteiger partial charge in [-0.3, -0.25) is 4.98 Å². The van der Waals surface area contributed by atoms with Crippen molar-refractivity contribution in [1.82, 2.24) is 19.9 Å². The number of thiazole rings is 1. The number of rotatable bonds is 5. The second-order valence-corrected chi connectivity index (χ2v) is 6.80. The fourth-order valence-electron chi connectivity index (χ4n) is 2.30. The average molecular weight is 379 g/mol. The SMILES string of the molecule is CCc1ncc(CN(C)c2cc(C(F)(F)F)nc(-c3ccncc3)n2)s1. The van der Waals surface area contributed by atoms with Gasteiger partial charge in [0.1, 0.15) is 5.82 Å². The van der Waals surface area contributed by atoms with Crippen LogP contribution < -0.4 is 4.90 Å². The number of alkyl halides is 3. The van der Waals surface area contributed by atoms with Gasteiger partial charge in [-0.05, 0) is 18.6 Å². The quantitative estimate of drug-likeness (QED) is 0.665. The maximum Gasteiger partial charge on any atom is 0.433 e. The minimum atomic E-state index is -4.56. The molecule has 5 nitrogen and oxygen atoms in total. The highest BCUT2D eigenvalue weighted by molar-refractivity contribution is 7.11. The van der Waals surface area contributed by atoms with Crippen LogP contribution in [0.2, 0.25) is 0 Å². The van der Waals surface area contributed by atoms with Crippen LogP contribution in [-0.2, 0) is 19.1 Å². The zero-order valence-electron chi connectivity index (χ0n) is 14.2. The second kappa shape index (κ2) is 7.36. The first-order valence-electron chi connectivity index (χ1n) is 7.88. The molecule has 0 fully saturated rings. The van der Waals surface area contributed by atoms with E-state index in [-0.39, 0.29) is 11.6 Å². The molecule has 136 valence electrons. The Labute approximate surface area is 152 Å². The van der Waals surface area contributed by atoms with Gasteiger partial charge in [-0.15, -0.1) is 11.3 Å². The van der Waals surface area contributed by atoms with Gasteiger partial charge in [-0.1, -0.05) is 6.92 Å². The Balaban J connectivity index is 1.97. The molecule has 0 spiro atoms. The summed E-state index contributed by atoms with van der Waals surface area (Å²) in [7, 11) is 1.70. The lowest BCUT2D eigenvalue weighted by Crippen LogP contribution is -2.19. The maximum atomic E-state index is 13.3. The zero-order chi connectivity index (χ0) is 18.7. The smallest absolute Gasteiger partial charge is 0.354 e. The lowest BCUT2D eigenvalue weighted by atomic mass is 10.2. The molecule has 0 aliphatic carbocycles. The monoisotopic (exact) mass is 379 g/mol. The van der Waals surface area contributed by atoms with Crippen LogP contribution in [0.25, 0.3) is 11.4 Å². The number of pyridine rings is 1. The molecule has 0 bridgehead atoms. The third-order valence-corrected chi connectivity index (χ3v) is 4.76. The molecule has 3 heterocycles. The lowest BCUT2D eigenvalue weighted by Gasteiger charge is -2.19. The van der Waals surface area contributed by atoms with Gasteiger partial charge < -0.3 is 4.90 Å². The molecule has 0 aliphatic rings. The highest BCUT2D eigenvalue weighted by Crippen LogP contribution is 2.32. The van der Waals surface area contributed by atoms with Gasteiger partial charge in [0.25, 0.3) is 0 Å². The van der Waals surface area contributed by atoms with Crippen LogP contribution in [0.3, 0.4) is 0 Å². The predicted molar refractivity (Wildman–Crippen MR) is 93.9 cm³/mol. The molecule has 0 unspecified atom stereocenters. The van der Waals surface area contributed by atoms with Crippen LogP contribution in [0.5, 0.6) is 0 Å². The average Bonchev–Trinajstić information content (AvgIpc) is 3.09. The Morgan fingerprint density at radius 1 is 1.15 bits per heavy atom. The minimum Gasteiger partial charge on any atom is -0.354 e. The molecule has 26 heavy (non-hydrogen) atoms. The second-order valence-electron chi connectivity index (χ2n) is 5.60. The normalized spacial score (nSPS) is 11.6. The number of nitrogens with zero attached hydrogens (tertiary/aromatic N) is 5. The first-order valence-corrected chi connectivity index (χ1v) is 8.70. The summed E-state index contributed by atoms with van der Waals surface area (Å²) in [6, 6.07) is 4.12. The highest BCUT2D eigenvalue weighted by atomic mass is 32.1. The van der Waals surface area contributed by atoms with Gasteiger partial charge in [-0.25, -0.2) is 15.0 Å². The fourth-order valence-corrected chi connectivity index (χ4v) is 3.22. The molecular weight excluding hydrogens is 363 g/mol. The molecule has 3 aromatic rings. The molecule has 0 saturated heterocycles. The molecule has 0 aliphatic heterocycles. The summed E-state index contributed by atoms with van der Waals surface area (Å²) in [4.78, 5) is 18.8. The number of aryl methyl sites for hydroxylation is 1. The third-order valence-electron chi connectivity index (χ3n) is 3.63. The van der Waals surface area contributed by atoms with Crippen molar-refractivity contribution in [2.75, 3.05) is 11.9 Å². The topological polar surface area (TPSA) is 54.8 Å². The van der Waals surface area contributed by atoms with Crippen LogP contribution in [-0.4, -0.2) is 27.0 Å². The number of hydrogen-bond acceptors (Lipinski definition) is 6. The number of anilines is 1. The molecular formula is C17H16F3N5S. The van der Waals surface area contributed by atoms with Crippen LogP contribution >= 0.6 is 11.3 Å². The van der Waals surface area contributed by atoms with E-state index in [9.17, 15) is 13.2 Å². The number of halogens is 3. The summed E-state index contributed by atoms with van der Waals surface area (Å²) in [5.74, 6) is 0.216. The molecule has 0 amide bonds. The van der Waals surface area contributed by atoms with Gasteiger partial charge in [0.05, 0.1) is 11.6 Å². The summed E-state index contributed by atoms with van der Waals surface area (Å²) < 4.78 is 39.8. The van der Waals surface area contributed by atoms with Crippen molar-refractivity contribution < 1.29 is 13.2 Å². The van der Waals surface area contributed by atoms with Crippen molar-refractivity contribution in [3.8, 4) is 11.4 Å². The summed E-state index contributed by atoms with van der Waals surface area (Å²) >= 11 is 1.54. The molecule has 3 aromatic heterocycles. The van der Waals surface area contributed by atoms with Crippen LogP contribution in [0.15, 0.2) is 36.8 Å². The first kappa shape index (κ1) is 18.2. The molecule has 0 saturated carbocycles. The van der Waals surface area contributed by atoms with Crippen LogP contribution in [0.1, 0.15) is 22.5 Å². The summed E-state index contributed by atoms with van der Waals surface area (Å²) in [6.07, 6.45) is 1.000. The Morgan fingerprint density at radius 2 is 1.88 bits per heavy atom. The Morgan fingerprint density at radius 3 is 2.50 bits per heavy atom. The van der Waals surface area contributed by atoms with Crippen molar-refractivity contribution in [3.05, 3.63) is 52.4 Å². The minimum absolute atomic E-state index is 0.0163. The highest BCUT2D eigenvalue weighted by Gasteiger charge is 2.34. The Hall–Kier alpha value is -2.55. The van der Waals surface area contributed by atoms with Crippen molar-refractivity contribution in [2.45, 2.75) is 26.1 Å². The van der Waals surface area contributed by atoms with E-state index in [4.69, 9.17) is 0 Å². The van der Waals surface area contributed by atoms with E-state index in [2.05, 4.69) is 19.9 Å². The fraction of sp³-hybridized carbons (Fsp3) is 0.294.